The van der Waals surface area contributed by atoms with E-state index in [1.54, 1.807) is 23.8 Å². The Bertz CT molecular complexity index is 869. The highest BCUT2D eigenvalue weighted by Gasteiger charge is 2.40. The van der Waals surface area contributed by atoms with Gasteiger partial charge in [0.05, 0.1) is 45.2 Å². The van der Waals surface area contributed by atoms with Crippen molar-refractivity contribution in [2.24, 2.45) is 0 Å². The number of amides is 1. The van der Waals surface area contributed by atoms with E-state index in [1.807, 2.05) is 62.6 Å². The van der Waals surface area contributed by atoms with Gasteiger partial charge in [-0.3, -0.25) is 9.59 Å². The van der Waals surface area contributed by atoms with Crippen molar-refractivity contribution < 1.29 is 24.0 Å². The monoisotopic (exact) mass is 415 g/mol. The van der Waals surface area contributed by atoms with Crippen LogP contribution in [0.15, 0.2) is 53.4 Å². The third kappa shape index (κ3) is 4.92. The molecule has 3 rings (SSSR count). The zero-order valence-electron chi connectivity index (χ0n) is 17.2. The first-order valence-corrected chi connectivity index (χ1v) is 10.5. The Morgan fingerprint density at radius 1 is 1.14 bits per heavy atom. The van der Waals surface area contributed by atoms with Crippen molar-refractivity contribution in [3.8, 4) is 5.75 Å². The number of nitrogens with one attached hydrogen (secondary N) is 1. The van der Waals surface area contributed by atoms with Gasteiger partial charge in [-0.05, 0) is 29.8 Å². The topological polar surface area (TPSA) is 60.3 Å². The van der Waals surface area contributed by atoms with Crippen molar-refractivity contribution in [2.45, 2.75) is 23.2 Å². The first-order chi connectivity index (χ1) is 13.9. The molecule has 0 unspecified atom stereocenters. The number of rotatable bonds is 6. The Labute approximate surface area is 175 Å². The van der Waals surface area contributed by atoms with E-state index in [2.05, 4.69) is 0 Å². The van der Waals surface area contributed by atoms with Gasteiger partial charge in [0.1, 0.15) is 5.75 Å². The zero-order valence-corrected chi connectivity index (χ0v) is 18.0. The summed E-state index contributed by atoms with van der Waals surface area (Å²) in [5.74, 6) is 0.0741. The molecule has 0 saturated heterocycles. The number of esters is 1. The SMILES string of the molecule is COc1ccc([C@@H]2Sc3ccccc3N(CC[NH+](C)C)C(=O)[C@@H]2OC(C)=O)cc1. The molecule has 0 aliphatic carbocycles. The Morgan fingerprint density at radius 2 is 1.83 bits per heavy atom. The molecular weight excluding hydrogens is 388 g/mol. The van der Waals surface area contributed by atoms with Crippen molar-refractivity contribution in [3.63, 3.8) is 0 Å². The van der Waals surface area contributed by atoms with E-state index in [-0.39, 0.29) is 11.2 Å². The van der Waals surface area contributed by atoms with Crippen LogP contribution < -0.4 is 14.5 Å². The van der Waals surface area contributed by atoms with Gasteiger partial charge in [-0.2, -0.15) is 0 Å². The van der Waals surface area contributed by atoms with Gasteiger partial charge in [0, 0.05) is 11.8 Å². The Balaban J connectivity index is 2.06. The minimum absolute atomic E-state index is 0.195. The summed E-state index contributed by atoms with van der Waals surface area (Å²) < 4.78 is 10.8. The summed E-state index contributed by atoms with van der Waals surface area (Å²) in [6.07, 6.45) is -0.907. The second-order valence-corrected chi connectivity index (χ2v) is 8.44. The first kappa shape index (κ1) is 21.2. The highest BCUT2D eigenvalue weighted by atomic mass is 32.2. The van der Waals surface area contributed by atoms with E-state index in [1.165, 1.54) is 11.8 Å². The Hall–Kier alpha value is -2.51. The van der Waals surface area contributed by atoms with E-state index in [0.717, 1.165) is 28.4 Å². The second kappa shape index (κ2) is 9.33. The van der Waals surface area contributed by atoms with Crippen LogP contribution in [-0.4, -0.2) is 52.3 Å². The minimum Gasteiger partial charge on any atom is -0.497 e. The van der Waals surface area contributed by atoms with Gasteiger partial charge >= 0.3 is 5.97 Å². The molecule has 1 heterocycles. The number of carbonyl (C=O) groups excluding carboxylic acids is 2. The molecule has 0 bridgehead atoms. The molecule has 154 valence electrons. The number of fused-ring (bicyclic) bond motifs is 1. The number of hydrogen-bond donors (Lipinski definition) is 1. The molecule has 7 heteroatoms. The molecule has 0 spiro atoms. The molecule has 2 aromatic rings. The summed E-state index contributed by atoms with van der Waals surface area (Å²) in [5, 5.41) is -0.352. The van der Waals surface area contributed by atoms with Crippen LogP contribution in [-0.2, 0) is 14.3 Å². The van der Waals surface area contributed by atoms with Crippen molar-refractivity contribution in [1.29, 1.82) is 0 Å². The normalized spacial score (nSPS) is 18.9. The number of thioether (sulfide) groups is 1. The predicted octanol–water partition coefficient (Wildman–Crippen LogP) is 1.95. The van der Waals surface area contributed by atoms with E-state index in [0.29, 0.717) is 6.54 Å². The number of para-hydroxylation sites is 1. The molecule has 1 amide bonds. The maximum absolute atomic E-state index is 13.6. The second-order valence-electron chi connectivity index (χ2n) is 7.26. The number of quaternary nitrogens is 1. The van der Waals surface area contributed by atoms with Crippen LogP contribution in [0.4, 0.5) is 5.69 Å². The zero-order chi connectivity index (χ0) is 21.0. The molecule has 1 N–H and O–H groups in total. The van der Waals surface area contributed by atoms with Crippen LogP contribution in [0.5, 0.6) is 5.75 Å². The average molecular weight is 416 g/mol. The van der Waals surface area contributed by atoms with Crippen LogP contribution in [0.3, 0.4) is 0 Å². The van der Waals surface area contributed by atoms with Crippen molar-refractivity contribution in [3.05, 3.63) is 54.1 Å². The molecule has 0 fully saturated rings. The maximum Gasteiger partial charge on any atom is 0.303 e. The lowest BCUT2D eigenvalue weighted by Gasteiger charge is -2.27. The molecule has 0 saturated carbocycles. The summed E-state index contributed by atoms with van der Waals surface area (Å²) in [6.45, 7) is 2.67. The fourth-order valence-corrected chi connectivity index (χ4v) is 4.59. The summed E-state index contributed by atoms with van der Waals surface area (Å²) in [6, 6.07) is 15.4. The number of ether oxygens (including phenoxy) is 2. The molecule has 1 aliphatic heterocycles. The van der Waals surface area contributed by atoms with Gasteiger partial charge in [0.15, 0.2) is 6.10 Å². The smallest absolute Gasteiger partial charge is 0.303 e. The third-order valence-electron chi connectivity index (χ3n) is 4.77. The lowest BCUT2D eigenvalue weighted by Crippen LogP contribution is -3.06. The lowest BCUT2D eigenvalue weighted by atomic mass is 10.1. The standard InChI is InChI=1S/C22H26N2O4S/c1-15(25)28-20-21(16-9-11-17(27-4)12-10-16)29-19-8-6-5-7-18(19)24(22(20)26)14-13-23(2)3/h5-12,20-21H,13-14H2,1-4H3/p+1/t20-,21+/m1/s1. The summed E-state index contributed by atoms with van der Waals surface area (Å²) in [5.41, 5.74) is 1.77. The Morgan fingerprint density at radius 3 is 2.45 bits per heavy atom. The highest BCUT2D eigenvalue weighted by Crippen LogP contribution is 2.46. The van der Waals surface area contributed by atoms with E-state index in [9.17, 15) is 9.59 Å². The summed E-state index contributed by atoms with van der Waals surface area (Å²) in [7, 11) is 5.71. The van der Waals surface area contributed by atoms with E-state index < -0.39 is 12.1 Å². The maximum atomic E-state index is 13.6. The number of methoxy groups -OCH3 is 1. The van der Waals surface area contributed by atoms with Crippen LogP contribution in [0.1, 0.15) is 17.7 Å². The van der Waals surface area contributed by atoms with Gasteiger partial charge < -0.3 is 19.3 Å². The number of nitrogens with zero attached hydrogens (tertiary/aromatic N) is 1. The van der Waals surface area contributed by atoms with Crippen LogP contribution in [0.25, 0.3) is 0 Å². The highest BCUT2D eigenvalue weighted by molar-refractivity contribution is 7.99. The largest absolute Gasteiger partial charge is 0.497 e. The molecule has 0 aromatic heterocycles. The van der Waals surface area contributed by atoms with E-state index >= 15 is 0 Å². The van der Waals surface area contributed by atoms with Gasteiger partial charge in [-0.15, -0.1) is 11.8 Å². The molecule has 0 radical (unpaired) electrons. The molecule has 6 nitrogen and oxygen atoms in total. The van der Waals surface area contributed by atoms with Crippen molar-refractivity contribution in [2.75, 3.05) is 39.2 Å². The van der Waals surface area contributed by atoms with Crippen molar-refractivity contribution in [1.82, 2.24) is 0 Å². The van der Waals surface area contributed by atoms with Gasteiger partial charge in [0.2, 0.25) is 0 Å². The molecule has 2 aromatic carbocycles. The predicted molar refractivity (Wildman–Crippen MR) is 114 cm³/mol. The Kier molecular flexibility index (Phi) is 6.82. The number of likely N-dealkylation sites (N-methyl/N-ethyl adjacent to an activating group) is 1. The summed E-state index contributed by atoms with van der Waals surface area (Å²) >= 11 is 1.55. The fraction of sp³-hybridized carbons (Fsp3) is 0.364. The average Bonchev–Trinajstić information content (AvgIpc) is 2.81. The van der Waals surface area contributed by atoms with Crippen LogP contribution >= 0.6 is 11.8 Å². The number of benzene rings is 2. The molecule has 29 heavy (non-hydrogen) atoms. The van der Waals surface area contributed by atoms with Gasteiger partial charge in [-0.1, -0.05) is 24.3 Å². The van der Waals surface area contributed by atoms with Gasteiger partial charge in [-0.25, -0.2) is 0 Å². The van der Waals surface area contributed by atoms with Crippen LogP contribution in [0, 0.1) is 0 Å². The molecule has 1 aliphatic rings. The number of anilines is 1. The minimum atomic E-state index is -0.907. The lowest BCUT2D eigenvalue weighted by molar-refractivity contribution is -0.856. The van der Waals surface area contributed by atoms with E-state index in [4.69, 9.17) is 9.47 Å². The molecule has 2 atom stereocenters. The van der Waals surface area contributed by atoms with Crippen molar-refractivity contribution >= 4 is 29.3 Å². The summed E-state index contributed by atoms with van der Waals surface area (Å²) in [4.78, 5) is 29.4. The van der Waals surface area contributed by atoms with Gasteiger partial charge in [0.25, 0.3) is 5.91 Å². The quantitative estimate of drug-likeness (QED) is 0.731. The third-order valence-corrected chi connectivity index (χ3v) is 6.14. The number of carbonyl (C=O) groups is 2. The number of hydrogen-bond acceptors (Lipinski definition) is 5. The molecular formula is C22H27N2O4S+. The van der Waals surface area contributed by atoms with Crippen LogP contribution in [0.2, 0.25) is 0 Å². The first-order valence-electron chi connectivity index (χ1n) is 9.58. The fourth-order valence-electron chi connectivity index (χ4n) is 3.27.